The number of hydrogen-bond donors (Lipinski definition) is 0. The number of carbonyl (C=O) groups excluding carboxylic acids is 1. The molecule has 0 saturated carbocycles. The third-order valence-electron chi connectivity index (χ3n) is 3.99. The molecule has 0 radical (unpaired) electrons. The number of benzene rings is 2. The molecule has 3 aromatic rings. The Morgan fingerprint density at radius 3 is 2.50 bits per heavy atom. The molecule has 0 saturated heterocycles. The lowest BCUT2D eigenvalue weighted by atomic mass is 10.0. The van der Waals surface area contributed by atoms with Crippen LogP contribution in [0, 0.1) is 18.3 Å². The molecule has 2 aromatic carbocycles. The molecule has 0 aliphatic carbocycles. The van der Waals surface area contributed by atoms with E-state index >= 15 is 0 Å². The summed E-state index contributed by atoms with van der Waals surface area (Å²) in [6.45, 7) is 2.00. The maximum absolute atomic E-state index is 11.8. The SMILES string of the molecule is COC(=O)/C(C#N)=C/c1cn(-c2ccccc2)nc1-c1ccccc1C. The van der Waals surface area contributed by atoms with Crippen molar-refractivity contribution < 1.29 is 9.53 Å². The van der Waals surface area contributed by atoms with Crippen LogP contribution in [-0.4, -0.2) is 22.9 Å². The van der Waals surface area contributed by atoms with Crippen molar-refractivity contribution in [2.45, 2.75) is 6.92 Å². The van der Waals surface area contributed by atoms with Gasteiger partial charge in [-0.25, -0.2) is 9.48 Å². The molecule has 1 heterocycles. The molecule has 0 atom stereocenters. The summed E-state index contributed by atoms with van der Waals surface area (Å²) in [6, 6.07) is 19.4. The number of aromatic nitrogens is 2. The van der Waals surface area contributed by atoms with Crippen LogP contribution in [0.1, 0.15) is 11.1 Å². The number of rotatable bonds is 4. The van der Waals surface area contributed by atoms with Crippen molar-refractivity contribution in [3.63, 3.8) is 0 Å². The predicted molar refractivity (Wildman–Crippen MR) is 99.3 cm³/mol. The molecule has 0 bridgehead atoms. The van der Waals surface area contributed by atoms with E-state index in [1.165, 1.54) is 13.2 Å². The quantitative estimate of drug-likeness (QED) is 0.409. The highest BCUT2D eigenvalue weighted by molar-refractivity contribution is 5.98. The smallest absolute Gasteiger partial charge is 0.348 e. The first-order valence-corrected chi connectivity index (χ1v) is 8.05. The van der Waals surface area contributed by atoms with Gasteiger partial charge in [-0.3, -0.25) is 0 Å². The fraction of sp³-hybridized carbons (Fsp3) is 0.0952. The normalized spacial score (nSPS) is 11.0. The number of hydrogen-bond acceptors (Lipinski definition) is 4. The molecule has 0 spiro atoms. The summed E-state index contributed by atoms with van der Waals surface area (Å²) in [4.78, 5) is 11.8. The zero-order chi connectivity index (χ0) is 18.5. The number of carbonyl (C=O) groups is 1. The number of nitriles is 1. The molecule has 0 amide bonds. The lowest BCUT2D eigenvalue weighted by Gasteiger charge is -2.04. The largest absolute Gasteiger partial charge is 0.465 e. The summed E-state index contributed by atoms with van der Waals surface area (Å²) in [6.07, 6.45) is 3.32. The molecule has 26 heavy (non-hydrogen) atoms. The predicted octanol–water partition coefficient (Wildman–Crippen LogP) is 3.93. The maximum Gasteiger partial charge on any atom is 0.348 e. The van der Waals surface area contributed by atoms with Crippen molar-refractivity contribution in [3.8, 4) is 23.0 Å². The average Bonchev–Trinajstić information content (AvgIpc) is 3.10. The molecule has 0 aliphatic heterocycles. The van der Waals surface area contributed by atoms with E-state index in [-0.39, 0.29) is 5.57 Å². The van der Waals surface area contributed by atoms with Crippen LogP contribution in [0.4, 0.5) is 0 Å². The molecule has 3 rings (SSSR count). The van der Waals surface area contributed by atoms with Crippen molar-refractivity contribution in [1.82, 2.24) is 9.78 Å². The summed E-state index contributed by atoms with van der Waals surface area (Å²) < 4.78 is 6.42. The lowest BCUT2D eigenvalue weighted by molar-refractivity contribution is -0.135. The molecule has 1 aromatic heterocycles. The number of aryl methyl sites for hydroxylation is 1. The zero-order valence-electron chi connectivity index (χ0n) is 14.5. The van der Waals surface area contributed by atoms with E-state index in [0.29, 0.717) is 11.3 Å². The van der Waals surface area contributed by atoms with E-state index < -0.39 is 5.97 Å². The van der Waals surface area contributed by atoms with Gasteiger partial charge in [0, 0.05) is 17.3 Å². The van der Waals surface area contributed by atoms with Crippen LogP contribution in [0.2, 0.25) is 0 Å². The van der Waals surface area contributed by atoms with Gasteiger partial charge in [0.15, 0.2) is 0 Å². The van der Waals surface area contributed by atoms with Gasteiger partial charge in [-0.15, -0.1) is 0 Å². The highest BCUT2D eigenvalue weighted by Gasteiger charge is 2.16. The van der Waals surface area contributed by atoms with Crippen molar-refractivity contribution in [1.29, 1.82) is 5.26 Å². The topological polar surface area (TPSA) is 67.9 Å². The number of para-hydroxylation sites is 1. The molecular formula is C21H17N3O2. The van der Waals surface area contributed by atoms with E-state index in [0.717, 1.165) is 16.8 Å². The van der Waals surface area contributed by atoms with E-state index in [1.807, 2.05) is 67.6 Å². The minimum absolute atomic E-state index is 0.0741. The average molecular weight is 343 g/mol. The zero-order valence-corrected chi connectivity index (χ0v) is 14.5. The Hall–Kier alpha value is -3.65. The molecule has 128 valence electrons. The summed E-state index contributed by atoms with van der Waals surface area (Å²) >= 11 is 0. The van der Waals surface area contributed by atoms with Crippen LogP contribution in [0.15, 0.2) is 66.4 Å². The van der Waals surface area contributed by atoms with E-state index in [2.05, 4.69) is 4.74 Å². The molecule has 5 nitrogen and oxygen atoms in total. The fourth-order valence-corrected chi connectivity index (χ4v) is 2.66. The minimum Gasteiger partial charge on any atom is -0.465 e. The highest BCUT2D eigenvalue weighted by atomic mass is 16.5. The van der Waals surface area contributed by atoms with Gasteiger partial charge in [0.1, 0.15) is 17.3 Å². The first kappa shape index (κ1) is 17.2. The van der Waals surface area contributed by atoms with Crippen LogP contribution in [-0.2, 0) is 9.53 Å². The van der Waals surface area contributed by atoms with Gasteiger partial charge in [0.2, 0.25) is 0 Å². The van der Waals surface area contributed by atoms with Gasteiger partial charge in [-0.05, 0) is 30.7 Å². The molecular weight excluding hydrogens is 326 g/mol. The monoisotopic (exact) mass is 343 g/mol. The summed E-state index contributed by atoms with van der Waals surface area (Å²) in [7, 11) is 1.25. The second kappa shape index (κ2) is 7.49. The lowest BCUT2D eigenvalue weighted by Crippen LogP contribution is -2.02. The first-order valence-electron chi connectivity index (χ1n) is 8.05. The first-order chi connectivity index (χ1) is 12.6. The Labute approximate surface area is 151 Å². The van der Waals surface area contributed by atoms with Crippen LogP contribution < -0.4 is 0 Å². The van der Waals surface area contributed by atoms with E-state index in [1.54, 1.807) is 10.9 Å². The Morgan fingerprint density at radius 1 is 1.15 bits per heavy atom. The van der Waals surface area contributed by atoms with Crippen molar-refractivity contribution >= 4 is 12.0 Å². The van der Waals surface area contributed by atoms with Gasteiger partial charge in [0.25, 0.3) is 0 Å². The molecule has 0 unspecified atom stereocenters. The third kappa shape index (κ3) is 3.40. The van der Waals surface area contributed by atoms with Crippen LogP contribution >= 0.6 is 0 Å². The Kier molecular flexibility index (Phi) is 4.95. The standard InChI is InChI=1S/C21H17N3O2/c1-15-8-6-7-11-19(15)20-17(12-16(13-22)21(25)26-2)14-24(23-20)18-9-4-3-5-10-18/h3-12,14H,1-2H3/b16-12+. The second-order valence-electron chi connectivity index (χ2n) is 5.69. The van der Waals surface area contributed by atoms with Crippen LogP contribution in [0.3, 0.4) is 0 Å². The number of nitrogens with zero attached hydrogens (tertiary/aromatic N) is 3. The molecule has 5 heteroatoms. The molecule has 0 fully saturated rings. The van der Waals surface area contributed by atoms with Gasteiger partial charge in [-0.1, -0.05) is 42.5 Å². The van der Waals surface area contributed by atoms with Gasteiger partial charge >= 0.3 is 5.97 Å². The Bertz CT molecular complexity index is 1010. The molecule has 0 aliphatic rings. The fourth-order valence-electron chi connectivity index (χ4n) is 2.66. The summed E-state index contributed by atoms with van der Waals surface area (Å²) in [5.41, 5.74) is 4.18. The van der Waals surface area contributed by atoms with Crippen LogP contribution in [0.25, 0.3) is 23.0 Å². The third-order valence-corrected chi connectivity index (χ3v) is 3.99. The van der Waals surface area contributed by atoms with E-state index in [4.69, 9.17) is 5.10 Å². The van der Waals surface area contributed by atoms with Gasteiger partial charge < -0.3 is 4.74 Å². The number of ether oxygens (including phenoxy) is 1. The van der Waals surface area contributed by atoms with Crippen molar-refractivity contribution in [2.75, 3.05) is 7.11 Å². The maximum atomic E-state index is 11.8. The van der Waals surface area contributed by atoms with Gasteiger partial charge in [-0.2, -0.15) is 10.4 Å². The summed E-state index contributed by atoms with van der Waals surface area (Å²) in [5.74, 6) is -0.671. The number of methoxy groups -OCH3 is 1. The second-order valence-corrected chi connectivity index (χ2v) is 5.69. The summed E-state index contributed by atoms with van der Waals surface area (Å²) in [5, 5.41) is 14.0. The Morgan fingerprint density at radius 2 is 1.85 bits per heavy atom. The van der Waals surface area contributed by atoms with Crippen molar-refractivity contribution in [2.24, 2.45) is 0 Å². The minimum atomic E-state index is -0.671. The highest BCUT2D eigenvalue weighted by Crippen LogP contribution is 2.28. The molecule has 0 N–H and O–H groups in total. The van der Waals surface area contributed by atoms with Crippen LogP contribution in [0.5, 0.6) is 0 Å². The van der Waals surface area contributed by atoms with E-state index in [9.17, 15) is 10.1 Å². The van der Waals surface area contributed by atoms with Gasteiger partial charge in [0.05, 0.1) is 12.8 Å². The van der Waals surface area contributed by atoms with Crippen molar-refractivity contribution in [3.05, 3.63) is 77.5 Å². The Balaban J connectivity index is 2.20. The number of esters is 1.